The van der Waals surface area contributed by atoms with Crippen LogP contribution in [0.3, 0.4) is 0 Å². The third-order valence-corrected chi connectivity index (χ3v) is 6.02. The van der Waals surface area contributed by atoms with E-state index in [-0.39, 0.29) is 5.70 Å². The minimum absolute atomic E-state index is 0.283. The lowest BCUT2D eigenvalue weighted by Crippen LogP contribution is -2.05. The Labute approximate surface area is 195 Å². The van der Waals surface area contributed by atoms with Crippen molar-refractivity contribution in [2.75, 3.05) is 0 Å². The third-order valence-electron chi connectivity index (χ3n) is 4.25. The highest BCUT2D eigenvalue weighted by molar-refractivity contribution is 14.1. The molecule has 0 N–H and O–H groups in total. The molecule has 0 aromatic heterocycles. The van der Waals surface area contributed by atoms with E-state index >= 15 is 0 Å². The number of hydrogen-bond donors (Lipinski definition) is 0. The van der Waals surface area contributed by atoms with E-state index in [0.29, 0.717) is 12.5 Å². The van der Waals surface area contributed by atoms with E-state index in [1.807, 2.05) is 60.7 Å². The van der Waals surface area contributed by atoms with Crippen molar-refractivity contribution in [1.29, 1.82) is 0 Å². The van der Waals surface area contributed by atoms with Gasteiger partial charge >= 0.3 is 5.97 Å². The standard InChI is InChI=1S/C23H15I2NO3/c24-18-9-7-16(8-10-18)22-26-21(23(27)29-22)13-15-5-11-19(12-6-15)28-14-17-3-1-2-4-20(17)25/h1-13H,14H2/b21-13-. The topological polar surface area (TPSA) is 47.9 Å². The normalized spacial score (nSPS) is 14.6. The Balaban J connectivity index is 1.46. The molecule has 0 saturated heterocycles. The van der Waals surface area contributed by atoms with E-state index in [1.165, 1.54) is 3.57 Å². The minimum Gasteiger partial charge on any atom is -0.489 e. The summed E-state index contributed by atoms with van der Waals surface area (Å²) in [6.45, 7) is 0.509. The molecule has 4 nitrogen and oxygen atoms in total. The molecule has 1 aliphatic rings. The number of carbonyl (C=O) groups excluding carboxylic acids is 1. The Morgan fingerprint density at radius 3 is 2.38 bits per heavy atom. The van der Waals surface area contributed by atoms with E-state index in [1.54, 1.807) is 6.08 Å². The fourth-order valence-electron chi connectivity index (χ4n) is 2.72. The Bertz CT molecular complexity index is 1100. The lowest BCUT2D eigenvalue weighted by molar-refractivity contribution is -0.129. The van der Waals surface area contributed by atoms with Gasteiger partial charge in [0.05, 0.1) is 0 Å². The summed E-state index contributed by atoms with van der Waals surface area (Å²) in [7, 11) is 0. The first-order valence-corrected chi connectivity index (χ1v) is 11.0. The molecule has 0 radical (unpaired) electrons. The molecule has 0 atom stereocenters. The molecule has 1 aliphatic heterocycles. The molecule has 3 aromatic carbocycles. The van der Waals surface area contributed by atoms with Crippen LogP contribution in [0, 0.1) is 7.14 Å². The number of esters is 1. The maximum Gasteiger partial charge on any atom is 0.363 e. The Morgan fingerprint density at radius 1 is 0.931 bits per heavy atom. The van der Waals surface area contributed by atoms with Crippen LogP contribution in [0.2, 0.25) is 0 Å². The van der Waals surface area contributed by atoms with Crippen LogP contribution in [0.1, 0.15) is 16.7 Å². The molecule has 0 fully saturated rings. The summed E-state index contributed by atoms with van der Waals surface area (Å²) in [5.41, 5.74) is 3.06. The predicted molar refractivity (Wildman–Crippen MR) is 130 cm³/mol. The van der Waals surface area contributed by atoms with Crippen LogP contribution < -0.4 is 4.74 Å². The van der Waals surface area contributed by atoms with Crippen LogP contribution in [0.25, 0.3) is 6.08 Å². The van der Waals surface area contributed by atoms with Gasteiger partial charge in [0, 0.05) is 18.3 Å². The van der Waals surface area contributed by atoms with Gasteiger partial charge in [-0.1, -0.05) is 30.3 Å². The van der Waals surface area contributed by atoms with Crippen LogP contribution in [-0.4, -0.2) is 11.9 Å². The monoisotopic (exact) mass is 607 g/mol. The second-order valence-electron chi connectivity index (χ2n) is 6.29. The van der Waals surface area contributed by atoms with E-state index < -0.39 is 5.97 Å². The highest BCUT2D eigenvalue weighted by atomic mass is 127. The zero-order valence-electron chi connectivity index (χ0n) is 15.1. The second kappa shape index (κ2) is 9.08. The lowest BCUT2D eigenvalue weighted by Gasteiger charge is -2.08. The van der Waals surface area contributed by atoms with Gasteiger partial charge in [0.25, 0.3) is 0 Å². The van der Waals surface area contributed by atoms with Gasteiger partial charge in [-0.25, -0.2) is 9.79 Å². The van der Waals surface area contributed by atoms with Gasteiger partial charge in [-0.3, -0.25) is 0 Å². The van der Waals surface area contributed by atoms with Crippen LogP contribution in [0.4, 0.5) is 0 Å². The zero-order chi connectivity index (χ0) is 20.2. The number of cyclic esters (lactones) is 1. The second-order valence-corrected chi connectivity index (χ2v) is 8.70. The quantitative estimate of drug-likeness (QED) is 0.209. The molecular formula is C23H15I2NO3. The van der Waals surface area contributed by atoms with E-state index in [4.69, 9.17) is 9.47 Å². The average Bonchev–Trinajstić information content (AvgIpc) is 3.09. The molecule has 6 heteroatoms. The first kappa shape index (κ1) is 20.1. The molecule has 0 aliphatic carbocycles. The molecule has 0 amide bonds. The minimum atomic E-state index is -0.447. The fraction of sp³-hybridized carbons (Fsp3) is 0.0435. The maximum absolute atomic E-state index is 12.2. The number of carbonyl (C=O) groups is 1. The summed E-state index contributed by atoms with van der Waals surface area (Å²) in [6.07, 6.45) is 1.71. The number of halogens is 2. The summed E-state index contributed by atoms with van der Waals surface area (Å²) in [6, 6.07) is 23.3. The molecular weight excluding hydrogens is 592 g/mol. The van der Waals surface area contributed by atoms with Gasteiger partial charge < -0.3 is 9.47 Å². The van der Waals surface area contributed by atoms with Crippen molar-refractivity contribution < 1.29 is 14.3 Å². The molecule has 3 aromatic rings. The smallest absolute Gasteiger partial charge is 0.363 e. The number of aliphatic imine (C=N–C) groups is 1. The third kappa shape index (κ3) is 5.05. The highest BCUT2D eigenvalue weighted by Gasteiger charge is 2.24. The molecule has 0 spiro atoms. The molecule has 4 rings (SSSR count). The SMILES string of the molecule is O=C1OC(c2ccc(I)cc2)=N/C1=C\c1ccc(OCc2ccccc2I)cc1. The average molecular weight is 607 g/mol. The Kier molecular flexibility index (Phi) is 6.29. The first-order chi connectivity index (χ1) is 14.1. The number of ether oxygens (including phenoxy) is 2. The van der Waals surface area contributed by atoms with Crippen molar-refractivity contribution in [3.63, 3.8) is 0 Å². The number of nitrogens with zero attached hydrogens (tertiary/aromatic N) is 1. The first-order valence-electron chi connectivity index (χ1n) is 8.83. The van der Waals surface area contributed by atoms with Gasteiger partial charge in [-0.05, 0) is 99.3 Å². The molecule has 0 unspecified atom stereocenters. The van der Waals surface area contributed by atoms with Gasteiger partial charge in [0.1, 0.15) is 12.4 Å². The highest BCUT2D eigenvalue weighted by Crippen LogP contribution is 2.22. The zero-order valence-corrected chi connectivity index (χ0v) is 19.5. The molecule has 0 bridgehead atoms. The van der Waals surface area contributed by atoms with Crippen molar-refractivity contribution in [3.8, 4) is 5.75 Å². The lowest BCUT2D eigenvalue weighted by atomic mass is 10.2. The van der Waals surface area contributed by atoms with E-state index in [9.17, 15) is 4.79 Å². The van der Waals surface area contributed by atoms with Crippen LogP contribution in [0.15, 0.2) is 83.5 Å². The summed E-state index contributed by atoms with van der Waals surface area (Å²) in [4.78, 5) is 16.5. The van der Waals surface area contributed by atoms with Gasteiger partial charge in [0.2, 0.25) is 5.90 Å². The van der Waals surface area contributed by atoms with E-state index in [2.05, 4.69) is 62.3 Å². The van der Waals surface area contributed by atoms with Crippen molar-refractivity contribution in [2.24, 2.45) is 4.99 Å². The summed E-state index contributed by atoms with van der Waals surface area (Å²) >= 11 is 4.53. The van der Waals surface area contributed by atoms with Crippen LogP contribution in [0.5, 0.6) is 5.75 Å². The Morgan fingerprint density at radius 2 is 1.66 bits per heavy atom. The summed E-state index contributed by atoms with van der Waals surface area (Å²) in [5, 5.41) is 0. The summed E-state index contributed by atoms with van der Waals surface area (Å²) < 4.78 is 13.4. The van der Waals surface area contributed by atoms with Gasteiger partial charge in [-0.2, -0.15) is 0 Å². The molecule has 1 heterocycles. The van der Waals surface area contributed by atoms with Gasteiger partial charge in [-0.15, -0.1) is 0 Å². The largest absolute Gasteiger partial charge is 0.489 e. The molecule has 144 valence electrons. The van der Waals surface area contributed by atoms with Crippen LogP contribution in [-0.2, 0) is 16.1 Å². The van der Waals surface area contributed by atoms with Crippen LogP contribution >= 0.6 is 45.2 Å². The van der Waals surface area contributed by atoms with Crippen molar-refractivity contribution in [3.05, 3.63) is 102 Å². The summed E-state index contributed by atoms with van der Waals surface area (Å²) in [5.74, 6) is 0.650. The van der Waals surface area contributed by atoms with Crippen molar-refractivity contribution in [1.82, 2.24) is 0 Å². The molecule has 29 heavy (non-hydrogen) atoms. The van der Waals surface area contributed by atoms with Crippen molar-refractivity contribution in [2.45, 2.75) is 6.61 Å². The Hall–Kier alpha value is -2.20. The number of benzene rings is 3. The van der Waals surface area contributed by atoms with Gasteiger partial charge in [0.15, 0.2) is 5.70 Å². The van der Waals surface area contributed by atoms with E-state index in [0.717, 1.165) is 26.0 Å². The van der Waals surface area contributed by atoms with Crippen molar-refractivity contribution >= 4 is 63.1 Å². The fourth-order valence-corrected chi connectivity index (χ4v) is 3.62. The molecule has 0 saturated carbocycles. The number of rotatable bonds is 5. The predicted octanol–water partition coefficient (Wildman–Crippen LogP) is 5.82. The maximum atomic E-state index is 12.2. The number of hydrogen-bond acceptors (Lipinski definition) is 4.